The maximum absolute atomic E-state index is 9.35. The predicted molar refractivity (Wildman–Crippen MR) is 77.1 cm³/mol. The predicted octanol–water partition coefficient (Wildman–Crippen LogP) is 4.79. The summed E-state index contributed by atoms with van der Waals surface area (Å²) in [4.78, 5) is 0. The molecule has 0 aliphatic carbocycles. The summed E-state index contributed by atoms with van der Waals surface area (Å²) in [6.07, 6.45) is 19.3. The molecular formula is C16H28O. The van der Waals surface area contributed by atoms with E-state index in [1.807, 2.05) is 13.0 Å². The molecule has 0 aromatic heterocycles. The lowest BCUT2D eigenvalue weighted by Gasteiger charge is -2.03. The van der Waals surface area contributed by atoms with Crippen LogP contribution in [0.4, 0.5) is 0 Å². The van der Waals surface area contributed by atoms with Gasteiger partial charge in [-0.25, -0.2) is 0 Å². The summed E-state index contributed by atoms with van der Waals surface area (Å²) in [7, 11) is 0. The fraction of sp³-hybridized carbons (Fsp3) is 0.625. The third-order valence-electron chi connectivity index (χ3n) is 2.75. The zero-order valence-electron chi connectivity index (χ0n) is 11.3. The lowest BCUT2D eigenvalue weighted by atomic mass is 10.1. The van der Waals surface area contributed by atoms with Crippen LogP contribution >= 0.6 is 0 Å². The minimum atomic E-state index is -0.121. The molecular weight excluding hydrogens is 208 g/mol. The van der Waals surface area contributed by atoms with Crippen LogP contribution in [0, 0.1) is 0 Å². The largest absolute Gasteiger partial charge is 0.393 e. The first-order valence-corrected chi connectivity index (χ1v) is 6.90. The number of aliphatic hydroxyl groups is 1. The Morgan fingerprint density at radius 1 is 0.941 bits per heavy atom. The average Bonchev–Trinajstić information content (AvgIpc) is 2.35. The Bertz CT molecular complexity index is 216. The quantitative estimate of drug-likeness (QED) is 0.404. The summed E-state index contributed by atoms with van der Waals surface area (Å²) in [6.45, 7) is 5.72. The lowest BCUT2D eigenvalue weighted by molar-refractivity contribution is 0.161. The van der Waals surface area contributed by atoms with Gasteiger partial charge < -0.3 is 5.11 Å². The third kappa shape index (κ3) is 13.1. The van der Waals surface area contributed by atoms with Crippen molar-refractivity contribution in [3.63, 3.8) is 0 Å². The number of hydrogen-bond donors (Lipinski definition) is 1. The molecule has 0 aliphatic heterocycles. The number of rotatable bonds is 11. The molecule has 1 nitrogen and oxygen atoms in total. The molecule has 0 radical (unpaired) electrons. The van der Waals surface area contributed by atoms with Crippen molar-refractivity contribution in [3.8, 4) is 0 Å². The smallest absolute Gasteiger partial charge is 0.0540 e. The molecule has 17 heavy (non-hydrogen) atoms. The molecule has 0 aromatic carbocycles. The molecule has 1 N–H and O–H groups in total. The average molecular weight is 236 g/mol. The second-order valence-electron chi connectivity index (χ2n) is 4.38. The summed E-state index contributed by atoms with van der Waals surface area (Å²) in [5, 5.41) is 9.35. The highest BCUT2D eigenvalue weighted by atomic mass is 16.3. The van der Waals surface area contributed by atoms with Crippen LogP contribution in [0.2, 0.25) is 0 Å². The SMILES string of the molecule is C=CCCCC=CCCC=CCCC(O)CC. The summed E-state index contributed by atoms with van der Waals surface area (Å²) in [5.41, 5.74) is 0. The number of aliphatic hydroxyl groups excluding tert-OH is 1. The van der Waals surface area contributed by atoms with Gasteiger partial charge in [0.2, 0.25) is 0 Å². The van der Waals surface area contributed by atoms with Crippen molar-refractivity contribution in [1.82, 2.24) is 0 Å². The van der Waals surface area contributed by atoms with Crippen LogP contribution in [0.3, 0.4) is 0 Å². The molecule has 0 saturated carbocycles. The van der Waals surface area contributed by atoms with Gasteiger partial charge in [0.1, 0.15) is 0 Å². The maximum Gasteiger partial charge on any atom is 0.0540 e. The molecule has 1 atom stereocenters. The third-order valence-corrected chi connectivity index (χ3v) is 2.75. The maximum atomic E-state index is 9.35. The van der Waals surface area contributed by atoms with E-state index in [-0.39, 0.29) is 6.10 Å². The van der Waals surface area contributed by atoms with Gasteiger partial charge in [0.15, 0.2) is 0 Å². The normalized spacial score (nSPS) is 13.5. The van der Waals surface area contributed by atoms with Crippen molar-refractivity contribution in [2.45, 2.75) is 64.4 Å². The zero-order valence-corrected chi connectivity index (χ0v) is 11.3. The van der Waals surface area contributed by atoms with E-state index in [4.69, 9.17) is 0 Å². The Morgan fingerprint density at radius 2 is 1.53 bits per heavy atom. The van der Waals surface area contributed by atoms with Crippen molar-refractivity contribution >= 4 is 0 Å². The molecule has 0 aliphatic rings. The summed E-state index contributed by atoms with van der Waals surface area (Å²) in [5.74, 6) is 0. The van der Waals surface area contributed by atoms with Gasteiger partial charge in [0.05, 0.1) is 6.10 Å². The molecule has 0 rings (SSSR count). The highest BCUT2D eigenvalue weighted by molar-refractivity contribution is 4.88. The molecule has 0 aromatic rings. The standard InChI is InChI=1S/C16H28O/c1-3-5-6-7-8-9-10-11-12-13-14-15-16(17)4-2/h3,8-9,12-13,16-17H,1,4-7,10-11,14-15H2,2H3. The van der Waals surface area contributed by atoms with E-state index in [0.29, 0.717) is 0 Å². The van der Waals surface area contributed by atoms with Crippen LogP contribution in [0.5, 0.6) is 0 Å². The molecule has 1 unspecified atom stereocenters. The van der Waals surface area contributed by atoms with Crippen LogP contribution in [0.1, 0.15) is 58.3 Å². The van der Waals surface area contributed by atoms with E-state index in [2.05, 4.69) is 30.9 Å². The highest BCUT2D eigenvalue weighted by Gasteiger charge is 1.96. The van der Waals surface area contributed by atoms with E-state index in [1.165, 1.54) is 12.8 Å². The van der Waals surface area contributed by atoms with Gasteiger partial charge in [-0.15, -0.1) is 6.58 Å². The molecule has 0 bridgehead atoms. The summed E-state index contributed by atoms with van der Waals surface area (Å²) in [6, 6.07) is 0. The first kappa shape index (κ1) is 16.2. The zero-order chi connectivity index (χ0) is 12.8. The molecule has 0 amide bonds. The number of allylic oxidation sites excluding steroid dienone is 5. The van der Waals surface area contributed by atoms with Crippen molar-refractivity contribution in [3.05, 3.63) is 37.0 Å². The monoisotopic (exact) mass is 236 g/mol. The van der Waals surface area contributed by atoms with Gasteiger partial charge in [-0.2, -0.15) is 0 Å². The second-order valence-corrected chi connectivity index (χ2v) is 4.38. The Balaban J connectivity index is 3.26. The molecule has 0 fully saturated rings. The van der Waals surface area contributed by atoms with E-state index in [9.17, 15) is 5.11 Å². The Morgan fingerprint density at radius 3 is 2.12 bits per heavy atom. The fourth-order valence-electron chi connectivity index (χ4n) is 1.54. The van der Waals surface area contributed by atoms with Gasteiger partial charge in [-0.05, 0) is 51.4 Å². The van der Waals surface area contributed by atoms with Crippen molar-refractivity contribution < 1.29 is 5.11 Å². The number of unbranched alkanes of at least 4 members (excludes halogenated alkanes) is 3. The molecule has 1 heteroatoms. The fourth-order valence-corrected chi connectivity index (χ4v) is 1.54. The van der Waals surface area contributed by atoms with Crippen LogP contribution < -0.4 is 0 Å². The molecule has 98 valence electrons. The van der Waals surface area contributed by atoms with Crippen molar-refractivity contribution in [2.24, 2.45) is 0 Å². The molecule has 0 heterocycles. The van der Waals surface area contributed by atoms with Crippen LogP contribution in [-0.4, -0.2) is 11.2 Å². The van der Waals surface area contributed by atoms with E-state index in [1.54, 1.807) is 0 Å². The van der Waals surface area contributed by atoms with E-state index >= 15 is 0 Å². The number of hydrogen-bond acceptors (Lipinski definition) is 1. The van der Waals surface area contributed by atoms with Crippen molar-refractivity contribution in [2.75, 3.05) is 0 Å². The van der Waals surface area contributed by atoms with Crippen LogP contribution in [0.15, 0.2) is 37.0 Å². The van der Waals surface area contributed by atoms with Crippen LogP contribution in [-0.2, 0) is 0 Å². The summed E-state index contributed by atoms with van der Waals surface area (Å²) < 4.78 is 0. The van der Waals surface area contributed by atoms with Gasteiger partial charge >= 0.3 is 0 Å². The van der Waals surface area contributed by atoms with E-state index in [0.717, 1.165) is 38.5 Å². The van der Waals surface area contributed by atoms with Gasteiger partial charge in [-0.3, -0.25) is 0 Å². The molecule has 0 saturated heterocycles. The first-order valence-electron chi connectivity index (χ1n) is 6.90. The lowest BCUT2D eigenvalue weighted by Crippen LogP contribution is -2.02. The summed E-state index contributed by atoms with van der Waals surface area (Å²) >= 11 is 0. The Kier molecular flexibility index (Phi) is 12.6. The van der Waals surface area contributed by atoms with Crippen LogP contribution in [0.25, 0.3) is 0 Å². The minimum absolute atomic E-state index is 0.121. The van der Waals surface area contributed by atoms with Gasteiger partial charge in [0.25, 0.3) is 0 Å². The van der Waals surface area contributed by atoms with E-state index < -0.39 is 0 Å². The molecule has 0 spiro atoms. The van der Waals surface area contributed by atoms with Gasteiger partial charge in [-0.1, -0.05) is 37.3 Å². The Hall–Kier alpha value is -0.820. The topological polar surface area (TPSA) is 20.2 Å². The minimum Gasteiger partial charge on any atom is -0.393 e. The highest BCUT2D eigenvalue weighted by Crippen LogP contribution is 2.03. The first-order chi connectivity index (χ1) is 8.31. The Labute approximate surface area is 107 Å². The van der Waals surface area contributed by atoms with Gasteiger partial charge in [0, 0.05) is 0 Å². The van der Waals surface area contributed by atoms with Crippen molar-refractivity contribution in [1.29, 1.82) is 0 Å². The second kappa shape index (κ2) is 13.2.